The van der Waals surface area contributed by atoms with Crippen LogP contribution < -0.4 is 0 Å². The van der Waals surface area contributed by atoms with Crippen LogP contribution in [0.25, 0.3) is 0 Å². The van der Waals surface area contributed by atoms with Crippen molar-refractivity contribution in [3.05, 3.63) is 23.3 Å². The summed E-state index contributed by atoms with van der Waals surface area (Å²) in [4.78, 5) is 0. The van der Waals surface area contributed by atoms with E-state index in [0.29, 0.717) is 0 Å². The Labute approximate surface area is 95.2 Å². The third-order valence-corrected chi connectivity index (χ3v) is 7.37. The van der Waals surface area contributed by atoms with Gasteiger partial charge < -0.3 is 0 Å². The molecule has 0 heterocycles. The lowest BCUT2D eigenvalue weighted by atomic mass is 9.29. The minimum atomic E-state index is 0.811. The Bertz CT molecular complexity index is 474. The Kier molecular flexibility index (Phi) is 0.853. The van der Waals surface area contributed by atoms with Gasteiger partial charge in [-0.3, -0.25) is 0 Å². The second-order valence-electron chi connectivity index (χ2n) is 6.58. The molecule has 4 saturated carbocycles. The molecule has 9 atom stereocenters. The Balaban J connectivity index is 1.47. The monoisotopic (exact) mass is 214 g/mol. The van der Waals surface area contributed by atoms with Crippen molar-refractivity contribution >= 4 is 12.6 Å². The van der Waals surface area contributed by atoms with E-state index in [1.165, 1.54) is 6.42 Å². The summed E-state index contributed by atoms with van der Waals surface area (Å²) in [5.74, 6) is 8.61. The predicted molar refractivity (Wildman–Crippen MR) is 61.5 cm³/mol. The number of allylic oxidation sites excluding steroid dienone is 4. The van der Waals surface area contributed by atoms with Crippen LogP contribution in [0.3, 0.4) is 0 Å². The first-order valence-corrected chi connectivity index (χ1v) is 7.00. The molecule has 0 bridgehead atoms. The van der Waals surface area contributed by atoms with Gasteiger partial charge in [0.2, 0.25) is 0 Å². The molecule has 0 aliphatic heterocycles. The normalized spacial score (nSPS) is 73.5. The standard InChI is InChI=1S/C14H14S/c15-14-12-10-8-6-4-2-1-3-5(4)7(6)9(8)11(10)13(12)14/h1-2,5,7-15H,3H2. The van der Waals surface area contributed by atoms with Crippen LogP contribution >= 0.6 is 12.6 Å². The molecule has 0 saturated heterocycles. The minimum absolute atomic E-state index is 0.811. The number of thiol groups is 1. The summed E-state index contributed by atoms with van der Waals surface area (Å²) in [6.45, 7) is 0. The van der Waals surface area contributed by atoms with Crippen molar-refractivity contribution in [1.29, 1.82) is 0 Å². The average Bonchev–Trinajstić information content (AvgIpc) is 2.55. The van der Waals surface area contributed by atoms with Crippen LogP contribution in [-0.2, 0) is 0 Å². The first-order valence-electron chi connectivity index (χ1n) is 6.48. The van der Waals surface area contributed by atoms with Gasteiger partial charge in [-0.25, -0.2) is 0 Å². The summed E-state index contributed by atoms with van der Waals surface area (Å²) in [5, 5.41) is 0.811. The average molecular weight is 214 g/mol. The van der Waals surface area contributed by atoms with Crippen LogP contribution in [0.4, 0.5) is 0 Å². The van der Waals surface area contributed by atoms with Crippen molar-refractivity contribution in [2.75, 3.05) is 0 Å². The molecule has 0 amide bonds. The Hall–Kier alpha value is -0.170. The van der Waals surface area contributed by atoms with E-state index in [1.54, 1.807) is 5.57 Å². The zero-order chi connectivity index (χ0) is 9.47. The zero-order valence-electron chi connectivity index (χ0n) is 8.51. The van der Waals surface area contributed by atoms with E-state index in [0.717, 1.165) is 52.6 Å². The highest BCUT2D eigenvalue weighted by Gasteiger charge is 2.84. The maximum atomic E-state index is 4.73. The second-order valence-corrected chi connectivity index (χ2v) is 7.18. The highest BCUT2D eigenvalue weighted by Crippen LogP contribution is 2.87. The highest BCUT2D eigenvalue weighted by molar-refractivity contribution is 7.81. The van der Waals surface area contributed by atoms with E-state index >= 15 is 0 Å². The highest BCUT2D eigenvalue weighted by atomic mass is 32.1. The fraction of sp³-hybridized carbons (Fsp3) is 0.714. The summed E-state index contributed by atoms with van der Waals surface area (Å²) >= 11 is 4.73. The summed E-state index contributed by atoms with van der Waals surface area (Å²) in [6.07, 6.45) is 6.21. The van der Waals surface area contributed by atoms with Crippen molar-refractivity contribution in [2.24, 2.45) is 47.3 Å². The molecule has 0 N–H and O–H groups in total. The quantitative estimate of drug-likeness (QED) is 0.465. The van der Waals surface area contributed by atoms with Gasteiger partial charge >= 0.3 is 0 Å². The first kappa shape index (κ1) is 7.21. The van der Waals surface area contributed by atoms with Gasteiger partial charge in [-0.2, -0.15) is 12.6 Å². The number of rotatable bonds is 0. The van der Waals surface area contributed by atoms with Gasteiger partial charge in [-0.15, -0.1) is 0 Å². The molecule has 6 aliphatic carbocycles. The van der Waals surface area contributed by atoms with Crippen LogP contribution in [0, 0.1) is 47.3 Å². The Morgan fingerprint density at radius 1 is 1.00 bits per heavy atom. The van der Waals surface area contributed by atoms with Crippen molar-refractivity contribution in [2.45, 2.75) is 11.7 Å². The molecule has 0 aromatic rings. The predicted octanol–water partition coefficient (Wildman–Crippen LogP) is 2.54. The van der Waals surface area contributed by atoms with Crippen LogP contribution in [0.15, 0.2) is 23.3 Å². The van der Waals surface area contributed by atoms with E-state index in [9.17, 15) is 0 Å². The molecule has 0 aromatic carbocycles. The molecule has 4 fully saturated rings. The van der Waals surface area contributed by atoms with Crippen molar-refractivity contribution in [3.63, 3.8) is 0 Å². The van der Waals surface area contributed by atoms with Crippen molar-refractivity contribution in [1.82, 2.24) is 0 Å². The third kappa shape index (κ3) is 0.475. The second kappa shape index (κ2) is 1.77. The van der Waals surface area contributed by atoms with Crippen LogP contribution in [0.1, 0.15) is 6.42 Å². The van der Waals surface area contributed by atoms with Gasteiger partial charge in [0, 0.05) is 5.25 Å². The summed E-state index contributed by atoms with van der Waals surface area (Å²) in [5.41, 5.74) is 3.70. The lowest BCUT2D eigenvalue weighted by Crippen LogP contribution is -2.70. The van der Waals surface area contributed by atoms with Gasteiger partial charge in [0.1, 0.15) is 0 Å². The topological polar surface area (TPSA) is 0 Å². The molecule has 0 aromatic heterocycles. The van der Waals surface area contributed by atoms with Gasteiger partial charge in [-0.1, -0.05) is 17.7 Å². The van der Waals surface area contributed by atoms with E-state index in [2.05, 4.69) is 12.2 Å². The minimum Gasteiger partial charge on any atom is -0.175 e. The van der Waals surface area contributed by atoms with Crippen molar-refractivity contribution in [3.8, 4) is 0 Å². The number of hydrogen-bond donors (Lipinski definition) is 1. The summed E-state index contributed by atoms with van der Waals surface area (Å²) < 4.78 is 0. The van der Waals surface area contributed by atoms with Crippen LogP contribution in [-0.4, -0.2) is 5.25 Å². The fourth-order valence-corrected chi connectivity index (χ4v) is 6.92. The van der Waals surface area contributed by atoms with Crippen LogP contribution in [0.5, 0.6) is 0 Å². The molecule has 1 heteroatoms. The maximum Gasteiger partial charge on any atom is 0.00854 e. The van der Waals surface area contributed by atoms with E-state index in [-0.39, 0.29) is 0 Å². The summed E-state index contributed by atoms with van der Waals surface area (Å²) in [6, 6.07) is 0. The van der Waals surface area contributed by atoms with E-state index in [4.69, 9.17) is 12.6 Å². The largest absolute Gasteiger partial charge is 0.175 e. The van der Waals surface area contributed by atoms with Crippen LogP contribution in [0.2, 0.25) is 0 Å². The lowest BCUT2D eigenvalue weighted by Gasteiger charge is -2.75. The van der Waals surface area contributed by atoms with Crippen molar-refractivity contribution < 1.29 is 0 Å². The third-order valence-electron chi connectivity index (χ3n) is 6.69. The molecular weight excluding hydrogens is 200 g/mol. The molecule has 6 aliphatic rings. The van der Waals surface area contributed by atoms with E-state index in [1.807, 2.05) is 5.57 Å². The van der Waals surface area contributed by atoms with Gasteiger partial charge in [0.25, 0.3) is 0 Å². The number of fused-ring (bicyclic) bond motifs is 12. The molecule has 15 heavy (non-hydrogen) atoms. The van der Waals surface area contributed by atoms with E-state index < -0.39 is 0 Å². The van der Waals surface area contributed by atoms with Gasteiger partial charge in [0.05, 0.1) is 0 Å². The fourth-order valence-electron chi connectivity index (χ4n) is 6.23. The molecule has 6 rings (SSSR count). The molecular formula is C14H14S. The maximum absolute atomic E-state index is 4.73. The Morgan fingerprint density at radius 2 is 1.87 bits per heavy atom. The first-order chi connectivity index (χ1) is 7.39. The smallest absolute Gasteiger partial charge is 0.00854 e. The summed E-state index contributed by atoms with van der Waals surface area (Å²) in [7, 11) is 0. The number of hydrogen-bond acceptors (Lipinski definition) is 1. The molecule has 0 radical (unpaired) electrons. The SMILES string of the molecule is SC1C2C1C1C3C4C(=C5C=CCC54)C3C21. The molecule has 76 valence electrons. The lowest BCUT2D eigenvalue weighted by molar-refractivity contribution is -0.190. The molecule has 9 unspecified atom stereocenters. The Morgan fingerprint density at radius 3 is 2.80 bits per heavy atom. The molecule has 0 spiro atoms. The molecule has 0 nitrogen and oxygen atoms in total. The van der Waals surface area contributed by atoms with Gasteiger partial charge in [-0.05, 0) is 59.3 Å². The zero-order valence-corrected chi connectivity index (χ0v) is 9.40. The van der Waals surface area contributed by atoms with Gasteiger partial charge in [0.15, 0.2) is 0 Å².